The molecule has 0 aromatic heterocycles. The third-order valence-electron chi connectivity index (χ3n) is 5.79. The second kappa shape index (κ2) is 8.12. The molecule has 0 bridgehead atoms. The van der Waals surface area contributed by atoms with Crippen LogP contribution in [-0.2, 0) is 17.7 Å². The molecule has 0 saturated heterocycles. The van der Waals surface area contributed by atoms with Gasteiger partial charge in [-0.05, 0) is 73.1 Å². The summed E-state index contributed by atoms with van der Waals surface area (Å²) in [5.41, 5.74) is 0. The smallest absolute Gasteiger partial charge is 0.217 e. The lowest BCUT2D eigenvalue weighted by molar-refractivity contribution is 0.411. The van der Waals surface area contributed by atoms with Crippen molar-refractivity contribution in [2.24, 2.45) is 0 Å². The summed E-state index contributed by atoms with van der Waals surface area (Å²) < 4.78 is 24.1. The van der Waals surface area contributed by atoms with E-state index in [4.69, 9.17) is 17.7 Å². The third kappa shape index (κ3) is 4.66. The van der Waals surface area contributed by atoms with Crippen LogP contribution in [0.25, 0.3) is 0 Å². The van der Waals surface area contributed by atoms with E-state index in [-0.39, 0.29) is 0 Å². The first kappa shape index (κ1) is 24.0. The van der Waals surface area contributed by atoms with E-state index in [1.54, 1.807) is 0 Å². The highest BCUT2D eigenvalue weighted by molar-refractivity contribution is 6.98. The summed E-state index contributed by atoms with van der Waals surface area (Å²) in [7, 11) is -0.849. The standard InChI is InChI=1S/C18H38O4Si4/c1-19-23(5,6)15-13-17(25(9,10)21-3)18(26(11,12)22-4)14-16(15)24(7,8)20-2/h13-14H,1-12H3. The average molecular weight is 431 g/mol. The van der Waals surface area contributed by atoms with Crippen molar-refractivity contribution >= 4 is 54.0 Å². The maximum atomic E-state index is 6.02. The molecule has 8 heteroatoms. The normalized spacial score (nSPS) is 14.0. The van der Waals surface area contributed by atoms with Crippen molar-refractivity contribution in [2.75, 3.05) is 28.4 Å². The predicted molar refractivity (Wildman–Crippen MR) is 123 cm³/mol. The van der Waals surface area contributed by atoms with Crippen LogP contribution in [0, 0.1) is 0 Å². The van der Waals surface area contributed by atoms with Gasteiger partial charge >= 0.3 is 0 Å². The molecule has 0 aliphatic rings. The van der Waals surface area contributed by atoms with E-state index in [0.29, 0.717) is 0 Å². The molecule has 0 N–H and O–H groups in total. The first-order valence-corrected chi connectivity index (χ1v) is 20.7. The predicted octanol–water partition coefficient (Wildman–Crippen LogP) is 1.92. The molecule has 1 aromatic carbocycles. The molecule has 26 heavy (non-hydrogen) atoms. The van der Waals surface area contributed by atoms with Crippen molar-refractivity contribution in [1.82, 2.24) is 0 Å². The monoisotopic (exact) mass is 430 g/mol. The molecule has 150 valence electrons. The Balaban J connectivity index is 4.02. The lowest BCUT2D eigenvalue weighted by atomic mass is 10.3. The van der Waals surface area contributed by atoms with E-state index < -0.39 is 33.3 Å². The molecule has 0 atom stereocenters. The fraction of sp³-hybridized carbons (Fsp3) is 0.667. The Morgan fingerprint density at radius 2 is 0.577 bits per heavy atom. The fourth-order valence-corrected chi connectivity index (χ4v) is 12.7. The van der Waals surface area contributed by atoms with Gasteiger partial charge in [0, 0.05) is 28.4 Å². The molecule has 0 heterocycles. The van der Waals surface area contributed by atoms with Crippen LogP contribution in [0.15, 0.2) is 12.1 Å². The van der Waals surface area contributed by atoms with E-state index in [1.165, 1.54) is 20.7 Å². The van der Waals surface area contributed by atoms with Crippen LogP contribution < -0.4 is 20.7 Å². The summed E-state index contributed by atoms with van der Waals surface area (Å²) in [6, 6.07) is 4.77. The molecule has 0 unspecified atom stereocenters. The van der Waals surface area contributed by atoms with Crippen LogP contribution in [0.2, 0.25) is 52.4 Å². The summed E-state index contributed by atoms with van der Waals surface area (Å²) in [6.07, 6.45) is 0. The van der Waals surface area contributed by atoms with Crippen molar-refractivity contribution in [3.8, 4) is 0 Å². The van der Waals surface area contributed by atoms with E-state index in [9.17, 15) is 0 Å². The highest BCUT2D eigenvalue weighted by Gasteiger charge is 2.41. The van der Waals surface area contributed by atoms with E-state index in [2.05, 4.69) is 64.5 Å². The molecule has 4 nitrogen and oxygen atoms in total. The lowest BCUT2D eigenvalue weighted by Crippen LogP contribution is -2.69. The topological polar surface area (TPSA) is 36.9 Å². The quantitative estimate of drug-likeness (QED) is 0.591. The first-order chi connectivity index (χ1) is 11.7. The Labute approximate surface area is 164 Å². The van der Waals surface area contributed by atoms with Crippen molar-refractivity contribution in [2.45, 2.75) is 52.4 Å². The Morgan fingerprint density at radius 3 is 0.692 bits per heavy atom. The third-order valence-corrected chi connectivity index (χ3v) is 17.2. The zero-order valence-electron chi connectivity index (χ0n) is 18.8. The van der Waals surface area contributed by atoms with E-state index >= 15 is 0 Å². The molecule has 0 fully saturated rings. The SMILES string of the molecule is CO[Si](C)(C)c1cc([Si](C)(C)OC)c([Si](C)(C)OC)cc1[Si](C)(C)OC. The summed E-state index contributed by atoms with van der Waals surface area (Å²) >= 11 is 0. The Hall–Kier alpha value is -0.0725. The zero-order chi connectivity index (χ0) is 20.6. The second-order valence-corrected chi connectivity index (χ2v) is 24.7. The van der Waals surface area contributed by atoms with E-state index in [1.807, 2.05) is 28.4 Å². The van der Waals surface area contributed by atoms with Gasteiger partial charge in [0.15, 0.2) is 0 Å². The minimum atomic E-state index is -2.04. The number of benzene rings is 1. The largest absolute Gasteiger partial charge is 0.416 e. The fourth-order valence-electron chi connectivity index (χ4n) is 3.03. The average Bonchev–Trinajstić information content (AvgIpc) is 2.60. The van der Waals surface area contributed by atoms with Gasteiger partial charge in [-0.15, -0.1) is 0 Å². The van der Waals surface area contributed by atoms with Gasteiger partial charge in [-0.25, -0.2) is 0 Å². The summed E-state index contributed by atoms with van der Waals surface area (Å²) in [5.74, 6) is 0. The van der Waals surface area contributed by atoms with Gasteiger partial charge in [-0.3, -0.25) is 0 Å². The van der Waals surface area contributed by atoms with Crippen LogP contribution in [0.3, 0.4) is 0 Å². The second-order valence-electron chi connectivity index (χ2n) is 8.80. The number of rotatable bonds is 8. The highest BCUT2D eigenvalue weighted by Crippen LogP contribution is 2.13. The molecule has 0 spiro atoms. The summed E-state index contributed by atoms with van der Waals surface area (Å²) in [5, 5.41) is 5.37. The molecule has 1 aromatic rings. The van der Waals surface area contributed by atoms with Crippen LogP contribution in [-0.4, -0.2) is 61.7 Å². The molecule has 0 aliphatic heterocycles. The van der Waals surface area contributed by atoms with Gasteiger partial charge in [0.1, 0.15) is 0 Å². The van der Waals surface area contributed by atoms with Crippen LogP contribution in [0.5, 0.6) is 0 Å². The minimum Gasteiger partial charge on any atom is -0.416 e. The molecule has 0 radical (unpaired) electrons. The molecule has 0 amide bonds. The molecular formula is C18H38O4Si4. The minimum absolute atomic E-state index is 1.34. The first-order valence-electron chi connectivity index (χ1n) is 9.10. The van der Waals surface area contributed by atoms with Crippen molar-refractivity contribution in [3.05, 3.63) is 12.1 Å². The van der Waals surface area contributed by atoms with Crippen LogP contribution >= 0.6 is 0 Å². The van der Waals surface area contributed by atoms with Gasteiger partial charge in [0.25, 0.3) is 0 Å². The van der Waals surface area contributed by atoms with Crippen LogP contribution in [0.4, 0.5) is 0 Å². The van der Waals surface area contributed by atoms with E-state index in [0.717, 1.165) is 0 Å². The molecule has 1 rings (SSSR count). The maximum absolute atomic E-state index is 6.02. The lowest BCUT2D eigenvalue weighted by Gasteiger charge is -2.36. The molecule has 0 saturated carbocycles. The van der Waals surface area contributed by atoms with Gasteiger partial charge in [-0.1, -0.05) is 12.1 Å². The Bertz CT molecular complexity index is 536. The Morgan fingerprint density at radius 1 is 0.423 bits per heavy atom. The number of hydrogen-bond acceptors (Lipinski definition) is 4. The summed E-state index contributed by atoms with van der Waals surface area (Å²) in [4.78, 5) is 0. The zero-order valence-corrected chi connectivity index (χ0v) is 22.8. The van der Waals surface area contributed by atoms with Gasteiger partial charge in [0.05, 0.1) is 0 Å². The highest BCUT2D eigenvalue weighted by atomic mass is 28.4. The van der Waals surface area contributed by atoms with Gasteiger partial charge in [-0.2, -0.15) is 0 Å². The van der Waals surface area contributed by atoms with Gasteiger partial charge in [0.2, 0.25) is 33.3 Å². The van der Waals surface area contributed by atoms with Crippen molar-refractivity contribution in [3.63, 3.8) is 0 Å². The maximum Gasteiger partial charge on any atom is 0.217 e. The molecular weight excluding hydrogens is 393 g/mol. The molecule has 0 aliphatic carbocycles. The number of hydrogen-bond donors (Lipinski definition) is 0. The van der Waals surface area contributed by atoms with Crippen molar-refractivity contribution < 1.29 is 17.7 Å². The summed E-state index contributed by atoms with van der Waals surface area (Å²) in [6.45, 7) is 18.1. The van der Waals surface area contributed by atoms with Gasteiger partial charge < -0.3 is 17.7 Å². The Kier molecular flexibility index (Phi) is 7.48. The van der Waals surface area contributed by atoms with Crippen LogP contribution in [0.1, 0.15) is 0 Å². The van der Waals surface area contributed by atoms with Crippen molar-refractivity contribution in [1.29, 1.82) is 0 Å².